The van der Waals surface area contributed by atoms with Gasteiger partial charge in [0.2, 0.25) is 0 Å². The lowest BCUT2D eigenvalue weighted by Gasteiger charge is -2.49. The fourth-order valence-corrected chi connectivity index (χ4v) is 4.70. The first-order valence-corrected chi connectivity index (χ1v) is 12.1. The summed E-state index contributed by atoms with van der Waals surface area (Å²) < 4.78 is 5.89. The molecule has 0 aliphatic carbocycles. The van der Waals surface area contributed by atoms with Crippen LogP contribution >= 0.6 is 0 Å². The van der Waals surface area contributed by atoms with E-state index in [1.54, 1.807) is 0 Å². The van der Waals surface area contributed by atoms with Gasteiger partial charge in [-0.1, -0.05) is 20.3 Å². The summed E-state index contributed by atoms with van der Waals surface area (Å²) in [5.74, 6) is 1.50. The van der Waals surface area contributed by atoms with Gasteiger partial charge in [0.05, 0.1) is 12.6 Å². The maximum atomic E-state index is 5.89. The Morgan fingerprint density at radius 3 is 2.31 bits per heavy atom. The van der Waals surface area contributed by atoms with Crippen molar-refractivity contribution < 1.29 is 4.74 Å². The van der Waals surface area contributed by atoms with E-state index >= 15 is 0 Å². The molecule has 0 bridgehead atoms. The Balaban J connectivity index is 1.98. The maximum Gasteiger partial charge on any atom is 0.191 e. The summed E-state index contributed by atoms with van der Waals surface area (Å²) in [4.78, 5) is 10.3. The number of nitrogens with one attached hydrogen (secondary N) is 2. The molecule has 0 aromatic rings. The minimum atomic E-state index is 0.237. The quantitative estimate of drug-likeness (QED) is 0.429. The van der Waals surface area contributed by atoms with Crippen LogP contribution in [0.4, 0.5) is 0 Å². The second kappa shape index (κ2) is 12.8. The van der Waals surface area contributed by atoms with Crippen LogP contribution in [0.1, 0.15) is 66.2 Å². The molecule has 0 radical (unpaired) electrons. The highest BCUT2D eigenvalue weighted by molar-refractivity contribution is 5.79. The van der Waals surface area contributed by atoms with Gasteiger partial charge in [-0.05, 0) is 85.1 Å². The van der Waals surface area contributed by atoms with E-state index < -0.39 is 0 Å². The Bertz CT molecular complexity index is 468. The summed E-state index contributed by atoms with van der Waals surface area (Å²) >= 11 is 0. The lowest BCUT2D eigenvalue weighted by atomic mass is 9.84. The zero-order valence-electron chi connectivity index (χ0n) is 19.8. The second-order valence-corrected chi connectivity index (χ2v) is 9.22. The third-order valence-electron chi connectivity index (χ3n) is 6.67. The zero-order valence-corrected chi connectivity index (χ0v) is 19.8. The minimum Gasteiger partial charge on any atom is -0.378 e. The highest BCUT2D eigenvalue weighted by atomic mass is 16.5. The molecule has 2 heterocycles. The normalized spacial score (nSPS) is 22.6. The van der Waals surface area contributed by atoms with E-state index in [-0.39, 0.29) is 5.54 Å². The number of hydrogen-bond acceptors (Lipinski definition) is 4. The molecule has 1 atom stereocenters. The lowest BCUT2D eigenvalue weighted by Crippen LogP contribution is -2.58. The average molecular weight is 410 g/mol. The summed E-state index contributed by atoms with van der Waals surface area (Å²) in [7, 11) is 2.25. The van der Waals surface area contributed by atoms with Crippen LogP contribution in [0.15, 0.2) is 4.99 Å². The van der Waals surface area contributed by atoms with Crippen molar-refractivity contribution in [3.05, 3.63) is 0 Å². The Labute approximate surface area is 179 Å². The number of aliphatic imine (C=N–C) groups is 1. The van der Waals surface area contributed by atoms with Crippen LogP contribution in [0, 0.1) is 5.92 Å². The number of nitrogens with zero attached hydrogens (tertiary/aromatic N) is 3. The molecule has 2 fully saturated rings. The first-order valence-electron chi connectivity index (χ1n) is 12.1. The van der Waals surface area contributed by atoms with Gasteiger partial charge in [0.15, 0.2) is 5.96 Å². The molecule has 1 unspecified atom stereocenters. The van der Waals surface area contributed by atoms with Crippen molar-refractivity contribution in [1.29, 1.82) is 0 Å². The Hall–Kier alpha value is -0.850. The molecular weight excluding hydrogens is 362 g/mol. The first-order chi connectivity index (χ1) is 14.0. The summed E-state index contributed by atoms with van der Waals surface area (Å²) in [5, 5.41) is 7.02. The SMILES string of the molecule is CCNC(=NCC1(N2CCCCC2)CCN(C)CC1)NCCC(OCC)C(C)C. The molecule has 29 heavy (non-hydrogen) atoms. The van der Waals surface area contributed by atoms with Crippen LogP contribution in [0.3, 0.4) is 0 Å². The minimum absolute atomic E-state index is 0.237. The molecule has 2 N–H and O–H groups in total. The number of hydrogen-bond donors (Lipinski definition) is 2. The van der Waals surface area contributed by atoms with Crippen molar-refractivity contribution in [2.45, 2.75) is 77.9 Å². The standard InChI is InChI=1S/C23H47N5O/c1-6-24-22(25-14-11-21(20(3)4)29-7-2)26-19-23(12-17-27(5)18-13-23)28-15-9-8-10-16-28/h20-21H,6-19H2,1-5H3,(H2,24,25,26). The summed E-state index contributed by atoms with van der Waals surface area (Å²) in [6, 6.07) is 0. The van der Waals surface area contributed by atoms with Gasteiger partial charge in [0.1, 0.15) is 0 Å². The molecule has 2 saturated heterocycles. The van der Waals surface area contributed by atoms with E-state index in [0.29, 0.717) is 12.0 Å². The van der Waals surface area contributed by atoms with Gasteiger partial charge in [0.25, 0.3) is 0 Å². The third kappa shape index (κ3) is 7.72. The lowest BCUT2D eigenvalue weighted by molar-refractivity contribution is 0.0207. The predicted octanol–water partition coefficient (Wildman–Crippen LogP) is 2.94. The van der Waals surface area contributed by atoms with Gasteiger partial charge in [-0.15, -0.1) is 0 Å². The van der Waals surface area contributed by atoms with E-state index in [2.05, 4.69) is 55.2 Å². The number of likely N-dealkylation sites (tertiary alicyclic amines) is 2. The van der Waals surface area contributed by atoms with Crippen molar-refractivity contribution in [3.8, 4) is 0 Å². The predicted molar refractivity (Wildman–Crippen MR) is 124 cm³/mol. The largest absolute Gasteiger partial charge is 0.378 e. The fraction of sp³-hybridized carbons (Fsp3) is 0.957. The van der Waals surface area contributed by atoms with Crippen molar-refractivity contribution in [3.63, 3.8) is 0 Å². The van der Waals surface area contributed by atoms with Crippen LogP contribution in [0.5, 0.6) is 0 Å². The van der Waals surface area contributed by atoms with Gasteiger partial charge >= 0.3 is 0 Å². The Morgan fingerprint density at radius 1 is 1.03 bits per heavy atom. The van der Waals surface area contributed by atoms with Crippen LogP contribution < -0.4 is 10.6 Å². The summed E-state index contributed by atoms with van der Waals surface area (Å²) in [6.07, 6.45) is 7.85. The summed E-state index contributed by atoms with van der Waals surface area (Å²) in [5.41, 5.74) is 0.237. The number of ether oxygens (including phenoxy) is 1. The molecule has 0 spiro atoms. The van der Waals surface area contributed by atoms with Gasteiger partial charge in [-0.2, -0.15) is 0 Å². The van der Waals surface area contributed by atoms with Crippen molar-refractivity contribution in [1.82, 2.24) is 20.4 Å². The number of guanidine groups is 1. The zero-order chi connectivity index (χ0) is 21.1. The van der Waals surface area contributed by atoms with Crippen molar-refractivity contribution in [2.24, 2.45) is 10.9 Å². The average Bonchev–Trinajstić information content (AvgIpc) is 2.73. The Kier molecular flexibility index (Phi) is 10.7. The fourth-order valence-electron chi connectivity index (χ4n) is 4.70. The van der Waals surface area contributed by atoms with Gasteiger partial charge < -0.3 is 20.3 Å². The number of rotatable bonds is 10. The van der Waals surface area contributed by atoms with Crippen molar-refractivity contribution in [2.75, 3.05) is 59.5 Å². The molecule has 0 saturated carbocycles. The van der Waals surface area contributed by atoms with Crippen LogP contribution in [0.25, 0.3) is 0 Å². The Morgan fingerprint density at radius 2 is 1.72 bits per heavy atom. The topological polar surface area (TPSA) is 52.1 Å². The monoisotopic (exact) mass is 409 g/mol. The summed E-state index contributed by atoms with van der Waals surface area (Å²) in [6.45, 7) is 17.0. The van der Waals surface area contributed by atoms with Gasteiger partial charge in [-0.3, -0.25) is 9.89 Å². The molecule has 6 heteroatoms. The molecular formula is C23H47N5O. The molecule has 2 rings (SSSR count). The van der Waals surface area contributed by atoms with Crippen LogP contribution in [-0.2, 0) is 4.74 Å². The first kappa shape index (κ1) is 24.4. The van der Waals surface area contributed by atoms with E-state index in [0.717, 1.165) is 38.6 Å². The van der Waals surface area contributed by atoms with E-state index in [1.165, 1.54) is 58.3 Å². The molecule has 2 aliphatic rings. The smallest absolute Gasteiger partial charge is 0.191 e. The molecule has 0 aromatic carbocycles. The third-order valence-corrected chi connectivity index (χ3v) is 6.67. The highest BCUT2D eigenvalue weighted by Crippen LogP contribution is 2.31. The van der Waals surface area contributed by atoms with Gasteiger partial charge in [-0.25, -0.2) is 0 Å². The van der Waals surface area contributed by atoms with E-state index in [1.807, 2.05) is 0 Å². The molecule has 6 nitrogen and oxygen atoms in total. The highest BCUT2D eigenvalue weighted by Gasteiger charge is 2.39. The molecule has 0 amide bonds. The van der Waals surface area contributed by atoms with Crippen LogP contribution in [-0.4, -0.2) is 86.9 Å². The van der Waals surface area contributed by atoms with E-state index in [9.17, 15) is 0 Å². The maximum absolute atomic E-state index is 5.89. The van der Waals surface area contributed by atoms with Gasteiger partial charge in [0, 0.05) is 25.2 Å². The second-order valence-electron chi connectivity index (χ2n) is 9.22. The molecule has 0 aromatic heterocycles. The van der Waals surface area contributed by atoms with E-state index in [4.69, 9.17) is 9.73 Å². The van der Waals surface area contributed by atoms with Crippen LogP contribution in [0.2, 0.25) is 0 Å². The molecule has 170 valence electrons. The molecule has 2 aliphatic heterocycles. The number of piperidine rings is 2. The van der Waals surface area contributed by atoms with Crippen molar-refractivity contribution >= 4 is 5.96 Å².